The molecule has 1 aliphatic heterocycles. The van der Waals surface area contributed by atoms with Crippen LogP contribution in [0.25, 0.3) is 0 Å². The maximum atomic E-state index is 12.1. The number of likely N-dealkylation sites (N-methyl/N-ethyl adjacent to an activating group) is 1. The Bertz CT molecular complexity index is 406. The molecule has 0 aliphatic carbocycles. The summed E-state index contributed by atoms with van der Waals surface area (Å²) in [6.07, 6.45) is 0.727. The molecule has 0 saturated heterocycles. The summed E-state index contributed by atoms with van der Waals surface area (Å²) in [5, 5.41) is 12.1. The number of nitrogens with zero attached hydrogens (tertiary/aromatic N) is 1. The van der Waals surface area contributed by atoms with Gasteiger partial charge in [-0.1, -0.05) is 24.3 Å². The lowest BCUT2D eigenvalue weighted by atomic mass is 9.95. The first-order chi connectivity index (χ1) is 8.22. The molecule has 4 nitrogen and oxygen atoms in total. The van der Waals surface area contributed by atoms with Crippen LogP contribution < -0.4 is 5.32 Å². The molecule has 2 N–H and O–H groups in total. The molecule has 0 radical (unpaired) electrons. The number of carbonyl (C=O) groups excluding carboxylic acids is 1. The van der Waals surface area contributed by atoms with Gasteiger partial charge in [-0.05, 0) is 17.5 Å². The summed E-state index contributed by atoms with van der Waals surface area (Å²) in [5.74, 6) is 0.0496. The summed E-state index contributed by atoms with van der Waals surface area (Å²) in [4.78, 5) is 13.6. The smallest absolute Gasteiger partial charge is 0.239 e. The summed E-state index contributed by atoms with van der Waals surface area (Å²) < 4.78 is 0. The molecule has 0 spiro atoms. The van der Waals surface area contributed by atoms with Gasteiger partial charge >= 0.3 is 0 Å². The van der Waals surface area contributed by atoms with Crippen molar-refractivity contribution in [2.75, 3.05) is 20.2 Å². The van der Waals surface area contributed by atoms with Gasteiger partial charge in [0.1, 0.15) is 0 Å². The van der Waals surface area contributed by atoms with Crippen LogP contribution in [0.3, 0.4) is 0 Å². The summed E-state index contributed by atoms with van der Waals surface area (Å²) >= 11 is 0. The molecule has 17 heavy (non-hydrogen) atoms. The summed E-state index contributed by atoms with van der Waals surface area (Å²) in [6.45, 7) is 1.13. The minimum Gasteiger partial charge on any atom is -0.395 e. The number of aliphatic hydroxyl groups is 1. The average Bonchev–Trinajstić information content (AvgIpc) is 2.37. The number of rotatable bonds is 3. The molecule has 1 heterocycles. The lowest BCUT2D eigenvalue weighted by molar-refractivity contribution is -0.132. The van der Waals surface area contributed by atoms with Gasteiger partial charge in [-0.15, -0.1) is 0 Å². The van der Waals surface area contributed by atoms with Crippen LogP contribution in [-0.2, 0) is 17.8 Å². The van der Waals surface area contributed by atoms with Gasteiger partial charge in [-0.25, -0.2) is 0 Å². The number of hydrogen-bond donors (Lipinski definition) is 2. The van der Waals surface area contributed by atoms with E-state index in [0.717, 1.165) is 13.0 Å². The third-order valence-electron chi connectivity index (χ3n) is 3.19. The minimum absolute atomic E-state index is 0.00550. The van der Waals surface area contributed by atoms with E-state index in [1.54, 1.807) is 11.9 Å². The van der Waals surface area contributed by atoms with Gasteiger partial charge in [0.05, 0.1) is 12.6 Å². The van der Waals surface area contributed by atoms with Crippen LogP contribution in [0.2, 0.25) is 0 Å². The maximum absolute atomic E-state index is 12.1. The van der Waals surface area contributed by atoms with Crippen LogP contribution in [-0.4, -0.2) is 42.2 Å². The second-order valence-corrected chi connectivity index (χ2v) is 4.39. The lowest BCUT2D eigenvalue weighted by Crippen LogP contribution is -2.48. The highest BCUT2D eigenvalue weighted by atomic mass is 16.3. The molecule has 4 heteroatoms. The summed E-state index contributed by atoms with van der Waals surface area (Å²) in [5.41, 5.74) is 2.50. The molecule has 0 aromatic heterocycles. The van der Waals surface area contributed by atoms with E-state index in [1.807, 2.05) is 12.1 Å². The number of nitrogens with one attached hydrogen (secondary N) is 1. The van der Waals surface area contributed by atoms with E-state index in [1.165, 1.54) is 11.1 Å². The third kappa shape index (κ3) is 2.65. The Hall–Kier alpha value is -1.39. The van der Waals surface area contributed by atoms with Crippen molar-refractivity contribution in [3.63, 3.8) is 0 Å². The monoisotopic (exact) mass is 234 g/mol. The largest absolute Gasteiger partial charge is 0.395 e. The molecule has 1 atom stereocenters. The van der Waals surface area contributed by atoms with E-state index < -0.39 is 0 Å². The first kappa shape index (κ1) is 12.1. The van der Waals surface area contributed by atoms with Crippen LogP contribution in [0, 0.1) is 0 Å². The van der Waals surface area contributed by atoms with Gasteiger partial charge in [-0.2, -0.15) is 0 Å². The Kier molecular flexibility index (Phi) is 3.76. The number of benzene rings is 1. The second-order valence-electron chi connectivity index (χ2n) is 4.39. The highest BCUT2D eigenvalue weighted by Gasteiger charge is 2.25. The normalized spacial score (nSPS) is 18.6. The predicted octanol–water partition coefficient (Wildman–Crippen LogP) is 0.152. The van der Waals surface area contributed by atoms with Crippen molar-refractivity contribution < 1.29 is 9.90 Å². The summed E-state index contributed by atoms with van der Waals surface area (Å²) in [6, 6.07) is 8.01. The topological polar surface area (TPSA) is 52.6 Å². The fraction of sp³-hybridized carbons (Fsp3) is 0.462. The van der Waals surface area contributed by atoms with Crippen molar-refractivity contribution in [1.29, 1.82) is 0 Å². The van der Waals surface area contributed by atoms with Crippen LogP contribution >= 0.6 is 0 Å². The van der Waals surface area contributed by atoms with E-state index in [9.17, 15) is 4.79 Å². The van der Waals surface area contributed by atoms with E-state index in [-0.39, 0.29) is 18.6 Å². The van der Waals surface area contributed by atoms with Gasteiger partial charge < -0.3 is 15.3 Å². The molecule has 0 saturated carbocycles. The van der Waals surface area contributed by atoms with Crippen molar-refractivity contribution in [3.05, 3.63) is 35.4 Å². The molecule has 0 fully saturated rings. The van der Waals surface area contributed by atoms with Crippen molar-refractivity contribution in [3.8, 4) is 0 Å². The van der Waals surface area contributed by atoms with Crippen LogP contribution in [0.15, 0.2) is 24.3 Å². The average molecular weight is 234 g/mol. The number of fused-ring (bicyclic) bond motifs is 1. The number of amides is 1. The molecular weight excluding hydrogens is 216 g/mol. The number of aliphatic hydroxyl groups excluding tert-OH is 1. The fourth-order valence-corrected chi connectivity index (χ4v) is 2.16. The lowest BCUT2D eigenvalue weighted by Gasteiger charge is -2.28. The van der Waals surface area contributed by atoms with Gasteiger partial charge in [0, 0.05) is 20.1 Å². The van der Waals surface area contributed by atoms with Gasteiger partial charge in [0.25, 0.3) is 0 Å². The van der Waals surface area contributed by atoms with Crippen molar-refractivity contribution >= 4 is 5.91 Å². The highest BCUT2D eigenvalue weighted by Crippen LogP contribution is 2.16. The molecule has 92 valence electrons. The Balaban J connectivity index is 2.05. The highest BCUT2D eigenvalue weighted by molar-refractivity contribution is 5.82. The van der Waals surface area contributed by atoms with Crippen molar-refractivity contribution in [1.82, 2.24) is 10.2 Å². The molecule has 1 aliphatic rings. The number of hydrogen-bond acceptors (Lipinski definition) is 3. The van der Waals surface area contributed by atoms with Gasteiger partial charge in [0.2, 0.25) is 5.91 Å². The zero-order valence-corrected chi connectivity index (χ0v) is 10.0. The summed E-state index contributed by atoms with van der Waals surface area (Å²) in [7, 11) is 1.72. The molecule has 1 amide bonds. The Labute approximate surface area is 101 Å². The van der Waals surface area contributed by atoms with E-state index in [0.29, 0.717) is 6.54 Å². The minimum atomic E-state index is -0.165. The molecule has 0 unspecified atom stereocenters. The van der Waals surface area contributed by atoms with Crippen LogP contribution in [0.5, 0.6) is 0 Å². The predicted molar refractivity (Wildman–Crippen MR) is 65.5 cm³/mol. The van der Waals surface area contributed by atoms with Crippen LogP contribution in [0.1, 0.15) is 11.1 Å². The molecular formula is C13H18N2O2. The SMILES string of the molecule is CN(CCO)C(=O)[C@@H]1Cc2ccccc2CN1. The Morgan fingerprint density at radius 1 is 1.47 bits per heavy atom. The quantitative estimate of drug-likeness (QED) is 0.783. The van der Waals surface area contributed by atoms with Crippen LogP contribution in [0.4, 0.5) is 0 Å². The van der Waals surface area contributed by atoms with Crippen molar-refractivity contribution in [2.45, 2.75) is 19.0 Å². The Morgan fingerprint density at radius 3 is 2.88 bits per heavy atom. The fourth-order valence-electron chi connectivity index (χ4n) is 2.16. The maximum Gasteiger partial charge on any atom is 0.239 e. The van der Waals surface area contributed by atoms with E-state index >= 15 is 0 Å². The molecule has 0 bridgehead atoms. The molecule has 1 aromatic rings. The zero-order valence-electron chi connectivity index (χ0n) is 10.0. The third-order valence-corrected chi connectivity index (χ3v) is 3.19. The first-order valence-electron chi connectivity index (χ1n) is 5.88. The second kappa shape index (κ2) is 5.29. The molecule has 2 rings (SSSR count). The van der Waals surface area contributed by atoms with Gasteiger partial charge in [-0.3, -0.25) is 4.79 Å². The van der Waals surface area contributed by atoms with Gasteiger partial charge in [0.15, 0.2) is 0 Å². The number of carbonyl (C=O) groups is 1. The molecule has 1 aromatic carbocycles. The standard InChI is InChI=1S/C13H18N2O2/c1-15(6-7-16)13(17)12-8-10-4-2-3-5-11(10)9-14-12/h2-5,12,14,16H,6-9H2,1H3/t12-/m0/s1. The first-order valence-corrected chi connectivity index (χ1v) is 5.88. The Morgan fingerprint density at radius 2 is 2.18 bits per heavy atom. The zero-order chi connectivity index (χ0) is 12.3. The van der Waals surface area contributed by atoms with Crippen molar-refractivity contribution in [2.24, 2.45) is 0 Å². The van der Waals surface area contributed by atoms with E-state index in [2.05, 4.69) is 17.4 Å². The van der Waals surface area contributed by atoms with E-state index in [4.69, 9.17) is 5.11 Å².